The van der Waals surface area contributed by atoms with Crippen LogP contribution in [0.5, 0.6) is 0 Å². The maximum Gasteiger partial charge on any atom is 0.299 e. The van der Waals surface area contributed by atoms with Crippen molar-refractivity contribution in [2.45, 2.75) is 6.54 Å². The molecule has 0 N–H and O–H groups in total. The quantitative estimate of drug-likeness (QED) is 0.752. The summed E-state index contributed by atoms with van der Waals surface area (Å²) in [4.78, 5) is 25.2. The third-order valence-corrected chi connectivity index (χ3v) is 4.00. The fourth-order valence-corrected chi connectivity index (χ4v) is 2.83. The topological polar surface area (TPSA) is 37.4 Å². The Morgan fingerprint density at radius 1 is 1.14 bits per heavy atom. The minimum absolute atomic E-state index is 0.0246. The van der Waals surface area contributed by atoms with Gasteiger partial charge < -0.3 is 4.90 Å². The smallest absolute Gasteiger partial charge is 0.299 e. The van der Waals surface area contributed by atoms with E-state index in [1.807, 2.05) is 0 Å². The summed E-state index contributed by atoms with van der Waals surface area (Å²) in [5.41, 5.74) is 1.02. The summed E-state index contributed by atoms with van der Waals surface area (Å²) < 4.78 is 14.5. The first-order valence-electron chi connectivity index (χ1n) is 6.07. The van der Waals surface area contributed by atoms with Gasteiger partial charge >= 0.3 is 0 Å². The normalized spacial score (nSPS) is 13.8. The molecule has 0 atom stereocenters. The molecule has 0 aromatic heterocycles. The summed E-state index contributed by atoms with van der Waals surface area (Å²) in [6.45, 7) is -0.0246. The summed E-state index contributed by atoms with van der Waals surface area (Å²) in [6.07, 6.45) is 0. The maximum absolute atomic E-state index is 13.8. The van der Waals surface area contributed by atoms with Gasteiger partial charge in [-0.3, -0.25) is 9.59 Å². The van der Waals surface area contributed by atoms with Crippen LogP contribution in [0.2, 0.25) is 5.02 Å². The fraction of sp³-hybridized carbons (Fsp3) is 0.0667. The maximum atomic E-state index is 13.8. The minimum Gasteiger partial charge on any atom is -0.300 e. The Labute approximate surface area is 133 Å². The standard InChI is InChI=1S/C15H8BrClFNO2/c16-9-1-4-12(18)8(5-9)7-19-13-6-10(17)2-3-11(13)14(20)15(19)21/h1-6H,7H2. The number of fused-ring (bicyclic) bond motifs is 1. The Morgan fingerprint density at radius 3 is 2.67 bits per heavy atom. The van der Waals surface area contributed by atoms with Crippen LogP contribution in [0.25, 0.3) is 0 Å². The van der Waals surface area contributed by atoms with Crippen molar-refractivity contribution in [3.63, 3.8) is 0 Å². The summed E-state index contributed by atoms with van der Waals surface area (Å²) in [5.74, 6) is -1.71. The van der Waals surface area contributed by atoms with Crippen molar-refractivity contribution >= 4 is 44.9 Å². The molecule has 1 amide bonds. The van der Waals surface area contributed by atoms with Crippen molar-refractivity contribution in [1.29, 1.82) is 0 Å². The molecular formula is C15H8BrClFNO2. The zero-order chi connectivity index (χ0) is 15.1. The zero-order valence-corrected chi connectivity index (χ0v) is 12.9. The lowest BCUT2D eigenvalue weighted by Gasteiger charge is -2.17. The number of ketones is 1. The second-order valence-corrected chi connectivity index (χ2v) is 5.97. The third-order valence-electron chi connectivity index (χ3n) is 3.27. The van der Waals surface area contributed by atoms with Gasteiger partial charge in [0.2, 0.25) is 0 Å². The molecular weight excluding hydrogens is 361 g/mol. The van der Waals surface area contributed by atoms with Gasteiger partial charge in [-0.05, 0) is 36.4 Å². The summed E-state index contributed by atoms with van der Waals surface area (Å²) in [7, 11) is 0. The van der Waals surface area contributed by atoms with E-state index in [9.17, 15) is 14.0 Å². The van der Waals surface area contributed by atoms with Crippen molar-refractivity contribution in [2.24, 2.45) is 0 Å². The van der Waals surface area contributed by atoms with Crippen LogP contribution >= 0.6 is 27.5 Å². The molecule has 6 heteroatoms. The molecule has 2 aromatic carbocycles. The highest BCUT2D eigenvalue weighted by atomic mass is 79.9. The van der Waals surface area contributed by atoms with Gasteiger partial charge in [-0.2, -0.15) is 0 Å². The number of rotatable bonds is 2. The van der Waals surface area contributed by atoms with E-state index in [2.05, 4.69) is 15.9 Å². The Kier molecular flexibility index (Phi) is 3.55. The Bertz CT molecular complexity index is 778. The first-order valence-corrected chi connectivity index (χ1v) is 7.24. The first kappa shape index (κ1) is 14.2. The van der Waals surface area contributed by atoms with Crippen LogP contribution in [0, 0.1) is 5.82 Å². The number of Topliss-reactive ketones (excluding diaryl/α,β-unsaturated/α-hetero) is 1. The number of carbonyl (C=O) groups is 2. The molecule has 3 nitrogen and oxygen atoms in total. The molecule has 0 aliphatic carbocycles. The molecule has 1 heterocycles. The monoisotopic (exact) mass is 367 g/mol. The van der Waals surface area contributed by atoms with Crippen LogP contribution in [-0.4, -0.2) is 11.7 Å². The van der Waals surface area contributed by atoms with Gasteiger partial charge in [0.15, 0.2) is 0 Å². The molecule has 21 heavy (non-hydrogen) atoms. The Hall–Kier alpha value is -1.72. The van der Waals surface area contributed by atoms with E-state index in [1.54, 1.807) is 18.2 Å². The van der Waals surface area contributed by atoms with Crippen molar-refractivity contribution in [3.8, 4) is 0 Å². The van der Waals surface area contributed by atoms with E-state index in [0.717, 1.165) is 0 Å². The molecule has 0 radical (unpaired) electrons. The first-order chi connectivity index (χ1) is 9.97. The summed E-state index contributed by atoms with van der Waals surface area (Å²) >= 11 is 9.17. The molecule has 0 bridgehead atoms. The molecule has 0 fully saturated rings. The van der Waals surface area contributed by atoms with Crippen LogP contribution in [0.1, 0.15) is 15.9 Å². The van der Waals surface area contributed by atoms with E-state index in [1.165, 1.54) is 23.1 Å². The highest BCUT2D eigenvalue weighted by Gasteiger charge is 2.36. The lowest BCUT2D eigenvalue weighted by molar-refractivity contribution is -0.114. The minimum atomic E-state index is -0.674. The molecule has 3 rings (SSSR count). The van der Waals surface area contributed by atoms with Gasteiger partial charge in [-0.15, -0.1) is 0 Å². The van der Waals surface area contributed by atoms with E-state index in [4.69, 9.17) is 11.6 Å². The lowest BCUT2D eigenvalue weighted by Crippen LogP contribution is -2.29. The number of benzene rings is 2. The number of hydrogen-bond donors (Lipinski definition) is 0. The SMILES string of the molecule is O=C1C(=O)N(Cc2cc(Br)ccc2F)c2cc(Cl)ccc21. The Balaban J connectivity index is 2.04. The zero-order valence-electron chi connectivity index (χ0n) is 10.6. The van der Waals surface area contributed by atoms with Gasteiger partial charge in [0.05, 0.1) is 17.8 Å². The molecule has 0 saturated heterocycles. The highest BCUT2D eigenvalue weighted by molar-refractivity contribution is 9.10. The molecule has 2 aromatic rings. The van der Waals surface area contributed by atoms with Crippen molar-refractivity contribution in [2.75, 3.05) is 4.90 Å². The van der Waals surface area contributed by atoms with Crippen LogP contribution in [-0.2, 0) is 11.3 Å². The second-order valence-electron chi connectivity index (χ2n) is 4.62. The fourth-order valence-electron chi connectivity index (χ4n) is 2.26. The molecule has 1 aliphatic rings. The van der Waals surface area contributed by atoms with Crippen molar-refractivity contribution < 1.29 is 14.0 Å². The lowest BCUT2D eigenvalue weighted by atomic mass is 10.1. The van der Waals surface area contributed by atoms with E-state index in [-0.39, 0.29) is 6.54 Å². The average molecular weight is 369 g/mol. The van der Waals surface area contributed by atoms with Crippen LogP contribution in [0.4, 0.5) is 10.1 Å². The molecule has 0 unspecified atom stereocenters. The van der Waals surface area contributed by atoms with Crippen molar-refractivity contribution in [1.82, 2.24) is 0 Å². The number of halogens is 3. The van der Waals surface area contributed by atoms with Gasteiger partial charge in [0.25, 0.3) is 11.7 Å². The number of hydrogen-bond acceptors (Lipinski definition) is 2. The number of nitrogens with zero attached hydrogens (tertiary/aromatic N) is 1. The predicted octanol–water partition coefficient (Wildman–Crippen LogP) is 3.97. The Morgan fingerprint density at radius 2 is 1.90 bits per heavy atom. The molecule has 0 spiro atoms. The van der Waals surface area contributed by atoms with Gasteiger partial charge in [0, 0.05) is 15.1 Å². The molecule has 1 aliphatic heterocycles. The summed E-state index contributed by atoms with van der Waals surface area (Å²) in [5, 5.41) is 0.413. The average Bonchev–Trinajstić information content (AvgIpc) is 2.67. The largest absolute Gasteiger partial charge is 0.300 e. The second kappa shape index (κ2) is 5.24. The number of carbonyl (C=O) groups excluding carboxylic acids is 2. The molecule has 0 saturated carbocycles. The highest BCUT2D eigenvalue weighted by Crippen LogP contribution is 2.33. The van der Waals surface area contributed by atoms with Crippen LogP contribution in [0.15, 0.2) is 40.9 Å². The van der Waals surface area contributed by atoms with Crippen LogP contribution in [0.3, 0.4) is 0 Å². The van der Waals surface area contributed by atoms with E-state index >= 15 is 0 Å². The third kappa shape index (κ3) is 2.47. The van der Waals surface area contributed by atoms with E-state index < -0.39 is 17.5 Å². The van der Waals surface area contributed by atoms with Crippen LogP contribution < -0.4 is 4.90 Å². The number of anilines is 1. The van der Waals surface area contributed by atoms with Crippen molar-refractivity contribution in [3.05, 3.63) is 62.8 Å². The summed E-state index contributed by atoms with van der Waals surface area (Å²) in [6, 6.07) is 9.05. The predicted molar refractivity (Wildman–Crippen MR) is 81.1 cm³/mol. The van der Waals surface area contributed by atoms with Gasteiger partial charge in [0.1, 0.15) is 5.82 Å². The molecule has 106 valence electrons. The van der Waals surface area contributed by atoms with Gasteiger partial charge in [-0.1, -0.05) is 27.5 Å². The van der Waals surface area contributed by atoms with E-state index in [0.29, 0.717) is 26.3 Å². The number of amides is 1. The van der Waals surface area contributed by atoms with Gasteiger partial charge in [-0.25, -0.2) is 4.39 Å².